The summed E-state index contributed by atoms with van der Waals surface area (Å²) in [6, 6.07) is 23.8. The van der Waals surface area contributed by atoms with Gasteiger partial charge in [-0.1, -0.05) is 48.0 Å². The van der Waals surface area contributed by atoms with Gasteiger partial charge in [-0.2, -0.15) is 0 Å². The van der Waals surface area contributed by atoms with Gasteiger partial charge in [-0.25, -0.2) is 4.98 Å². The summed E-state index contributed by atoms with van der Waals surface area (Å²) in [5, 5.41) is 16.8. The molecule has 11 nitrogen and oxygen atoms in total. The quantitative estimate of drug-likeness (QED) is 0.131. The molecule has 3 aliphatic rings. The minimum absolute atomic E-state index is 0.0486. The molecule has 2 N–H and O–H groups in total. The third kappa shape index (κ3) is 9.07. The fourth-order valence-electron chi connectivity index (χ4n) is 8.77. The van der Waals surface area contributed by atoms with Crippen LogP contribution in [0.4, 0.5) is 5.69 Å². The molecule has 5 aromatic rings. The molecule has 2 aliphatic heterocycles. The van der Waals surface area contributed by atoms with Crippen LogP contribution in [0.5, 0.6) is 0 Å². The summed E-state index contributed by atoms with van der Waals surface area (Å²) in [5.41, 5.74) is 3.74. The number of nitrogens with one attached hydrogen (secondary N) is 1. The van der Waals surface area contributed by atoms with Gasteiger partial charge in [-0.15, -0.1) is 0 Å². The number of pyridine rings is 1. The van der Waals surface area contributed by atoms with E-state index in [4.69, 9.17) is 16.6 Å². The molecule has 3 aromatic carbocycles. The molecular formula is C46H54ClN7O4. The van der Waals surface area contributed by atoms with Gasteiger partial charge in [0.15, 0.2) is 0 Å². The van der Waals surface area contributed by atoms with Crippen LogP contribution in [0.25, 0.3) is 21.8 Å². The lowest BCUT2D eigenvalue weighted by atomic mass is 9.88. The number of anilines is 1. The van der Waals surface area contributed by atoms with Gasteiger partial charge in [0.1, 0.15) is 0 Å². The number of rotatable bonds is 13. The highest BCUT2D eigenvalue weighted by atomic mass is 35.5. The molecule has 0 radical (unpaired) electrons. The maximum absolute atomic E-state index is 14.1. The third-order valence-electron chi connectivity index (χ3n) is 12.6. The standard InChI is InChI=1S/C46H54ClN7O4/c1-51(2)35-16-21-52(22-17-35)36-13-15-38-41(27-36)49-30-54(45(38)57)29-46(58)18-23-53(24-19-46)44(56)34(25-31-7-4-3-5-8-31)9-6-20-48-43(55)33-12-14-37-39(47)28-40(32-10-11-32)50-42(37)26-33/h3-5,7-8,12-15,26-28,30,32,34-35,58H,6,9-11,16-25,29H2,1-2H3,(H,48,55)/t34-/m0/s1. The van der Waals surface area contributed by atoms with Crippen LogP contribution < -0.4 is 15.8 Å². The van der Waals surface area contributed by atoms with E-state index in [9.17, 15) is 19.5 Å². The second-order valence-corrected chi connectivity index (χ2v) is 17.3. The van der Waals surface area contributed by atoms with Crippen LogP contribution in [0, 0.1) is 5.92 Å². The zero-order chi connectivity index (χ0) is 40.4. The first-order valence-electron chi connectivity index (χ1n) is 20.9. The van der Waals surface area contributed by atoms with Crippen molar-refractivity contribution in [2.45, 2.75) is 81.9 Å². The minimum Gasteiger partial charge on any atom is -0.388 e. The Labute approximate surface area is 345 Å². The Morgan fingerprint density at radius 2 is 1.67 bits per heavy atom. The number of piperidine rings is 2. The first-order chi connectivity index (χ1) is 28.0. The number of aromatic nitrogens is 3. The maximum Gasteiger partial charge on any atom is 0.261 e. The van der Waals surface area contributed by atoms with E-state index in [0.717, 1.165) is 66.6 Å². The Morgan fingerprint density at radius 3 is 2.40 bits per heavy atom. The fraction of sp³-hybridized carbons (Fsp3) is 0.457. The molecule has 0 bridgehead atoms. The highest BCUT2D eigenvalue weighted by Gasteiger charge is 2.36. The van der Waals surface area contributed by atoms with Gasteiger partial charge in [0.2, 0.25) is 5.91 Å². The number of benzene rings is 3. The average molecular weight is 804 g/mol. The Balaban J connectivity index is 0.868. The predicted octanol–water partition coefficient (Wildman–Crippen LogP) is 6.43. The average Bonchev–Trinajstić information content (AvgIpc) is 4.09. The smallest absolute Gasteiger partial charge is 0.261 e. The van der Waals surface area contributed by atoms with Gasteiger partial charge in [-0.3, -0.25) is 23.9 Å². The van der Waals surface area contributed by atoms with Crippen LogP contribution in [0.3, 0.4) is 0 Å². The van der Waals surface area contributed by atoms with Crippen LogP contribution in [-0.4, -0.2) is 99.7 Å². The fourth-order valence-corrected chi connectivity index (χ4v) is 9.04. The van der Waals surface area contributed by atoms with E-state index in [1.54, 1.807) is 18.5 Å². The van der Waals surface area contributed by atoms with Crippen molar-refractivity contribution in [3.8, 4) is 0 Å². The van der Waals surface area contributed by atoms with Gasteiger partial charge in [0.05, 0.1) is 39.9 Å². The van der Waals surface area contributed by atoms with E-state index in [1.165, 1.54) is 4.57 Å². The summed E-state index contributed by atoms with van der Waals surface area (Å²) in [6.07, 6.45) is 8.50. The molecular weight excluding hydrogens is 750 g/mol. The number of likely N-dealkylation sites (tertiary alicyclic amines) is 1. The number of hydrogen-bond acceptors (Lipinski definition) is 8. The lowest BCUT2D eigenvalue weighted by molar-refractivity contribution is -0.140. The lowest BCUT2D eigenvalue weighted by Crippen LogP contribution is -2.51. The van der Waals surface area contributed by atoms with Crippen molar-refractivity contribution in [2.75, 3.05) is 51.7 Å². The van der Waals surface area contributed by atoms with E-state index >= 15 is 0 Å². The van der Waals surface area contributed by atoms with E-state index in [0.29, 0.717) is 85.2 Å². The molecule has 4 heterocycles. The molecule has 8 rings (SSSR count). The first kappa shape index (κ1) is 40.0. The van der Waals surface area contributed by atoms with Crippen molar-refractivity contribution < 1.29 is 14.7 Å². The molecule has 1 aliphatic carbocycles. The second-order valence-electron chi connectivity index (χ2n) is 16.9. The number of carbonyl (C=O) groups excluding carboxylic acids is 2. The monoisotopic (exact) mass is 803 g/mol. The highest BCUT2D eigenvalue weighted by molar-refractivity contribution is 6.35. The van der Waals surface area contributed by atoms with Crippen LogP contribution >= 0.6 is 11.6 Å². The van der Waals surface area contributed by atoms with E-state index in [2.05, 4.69) is 34.2 Å². The van der Waals surface area contributed by atoms with Gasteiger partial charge < -0.3 is 25.1 Å². The van der Waals surface area contributed by atoms with Crippen LogP contribution in [0.2, 0.25) is 5.02 Å². The predicted molar refractivity (Wildman–Crippen MR) is 230 cm³/mol. The number of carbonyl (C=O) groups is 2. The molecule has 1 atom stereocenters. The van der Waals surface area contributed by atoms with Crippen molar-refractivity contribution in [3.05, 3.63) is 111 Å². The number of nitrogens with zero attached hydrogens (tertiary/aromatic N) is 6. The molecule has 12 heteroatoms. The summed E-state index contributed by atoms with van der Waals surface area (Å²) in [7, 11) is 4.27. The van der Waals surface area contributed by atoms with Gasteiger partial charge in [-0.05, 0) is 114 Å². The summed E-state index contributed by atoms with van der Waals surface area (Å²) in [6.45, 7) is 3.26. The molecule has 3 fully saturated rings. The molecule has 2 saturated heterocycles. The number of fused-ring (bicyclic) bond motifs is 2. The number of aliphatic hydroxyl groups is 1. The van der Waals surface area contributed by atoms with Crippen LogP contribution in [0.1, 0.15) is 78.9 Å². The molecule has 0 unspecified atom stereocenters. The molecule has 58 heavy (non-hydrogen) atoms. The molecule has 0 spiro atoms. The Bertz CT molecular complexity index is 2330. The minimum atomic E-state index is -1.14. The Kier molecular flexibility index (Phi) is 11.8. The zero-order valence-electron chi connectivity index (χ0n) is 33.6. The van der Waals surface area contributed by atoms with Crippen molar-refractivity contribution in [1.29, 1.82) is 0 Å². The first-order valence-corrected chi connectivity index (χ1v) is 21.3. The SMILES string of the molecule is CN(C)C1CCN(c2ccc3c(=O)n(CC4(O)CCN(C(=O)[C@@H](CCCNC(=O)c5ccc6c(Cl)cc(C7CC7)nc6c5)Cc5ccccc5)CC4)cnc3c2)CC1. The maximum atomic E-state index is 14.1. The van der Waals surface area contributed by atoms with Crippen LogP contribution in [0.15, 0.2) is 83.9 Å². The molecule has 1 saturated carbocycles. The molecule has 304 valence electrons. The molecule has 2 amide bonds. The molecule has 2 aromatic heterocycles. The van der Waals surface area contributed by atoms with Crippen molar-refractivity contribution in [3.63, 3.8) is 0 Å². The Morgan fingerprint density at radius 1 is 0.931 bits per heavy atom. The van der Waals surface area contributed by atoms with Gasteiger partial charge in [0, 0.05) is 72.9 Å². The van der Waals surface area contributed by atoms with E-state index in [1.807, 2.05) is 65.6 Å². The van der Waals surface area contributed by atoms with Crippen molar-refractivity contribution in [2.24, 2.45) is 5.92 Å². The van der Waals surface area contributed by atoms with Crippen molar-refractivity contribution in [1.82, 2.24) is 29.7 Å². The number of halogens is 1. The van der Waals surface area contributed by atoms with Crippen LogP contribution in [-0.2, 0) is 17.8 Å². The highest BCUT2D eigenvalue weighted by Crippen LogP contribution is 2.41. The van der Waals surface area contributed by atoms with Gasteiger partial charge >= 0.3 is 0 Å². The number of amides is 2. The summed E-state index contributed by atoms with van der Waals surface area (Å²) in [5.74, 6) is 0.0404. The van der Waals surface area contributed by atoms with Crippen molar-refractivity contribution >= 4 is 50.9 Å². The van der Waals surface area contributed by atoms with Gasteiger partial charge in [0.25, 0.3) is 11.5 Å². The topological polar surface area (TPSA) is 124 Å². The van der Waals surface area contributed by atoms with E-state index in [-0.39, 0.29) is 29.8 Å². The number of hydrogen-bond donors (Lipinski definition) is 2. The Hall–Kier alpha value is -4.84. The normalized spacial score (nSPS) is 17.9. The largest absolute Gasteiger partial charge is 0.388 e. The van der Waals surface area contributed by atoms with E-state index < -0.39 is 5.60 Å². The summed E-state index contributed by atoms with van der Waals surface area (Å²) >= 11 is 6.54. The summed E-state index contributed by atoms with van der Waals surface area (Å²) in [4.78, 5) is 56.9. The zero-order valence-corrected chi connectivity index (χ0v) is 34.3. The summed E-state index contributed by atoms with van der Waals surface area (Å²) < 4.78 is 1.52. The second kappa shape index (κ2) is 17.2. The lowest BCUT2D eigenvalue weighted by Gasteiger charge is -2.39. The third-order valence-corrected chi connectivity index (χ3v) is 12.9.